The lowest BCUT2D eigenvalue weighted by Gasteiger charge is -2.04. The van der Waals surface area contributed by atoms with Gasteiger partial charge in [0.15, 0.2) is 0 Å². The zero-order valence-electron chi connectivity index (χ0n) is 13.8. The van der Waals surface area contributed by atoms with Crippen molar-refractivity contribution in [3.8, 4) is 11.1 Å². The van der Waals surface area contributed by atoms with Crippen molar-refractivity contribution in [1.29, 1.82) is 0 Å². The van der Waals surface area contributed by atoms with Crippen LogP contribution in [0.4, 0.5) is 0 Å². The highest BCUT2D eigenvalue weighted by atomic mass is 16.4. The summed E-state index contributed by atoms with van der Waals surface area (Å²) in [6.07, 6.45) is 11.7. The minimum atomic E-state index is -0.927. The molecule has 1 heterocycles. The average Bonchev–Trinajstić information content (AvgIpc) is 3.08. The second-order valence-corrected chi connectivity index (χ2v) is 5.45. The van der Waals surface area contributed by atoms with Crippen molar-refractivity contribution in [2.45, 2.75) is 13.8 Å². The fourth-order valence-corrected chi connectivity index (χ4v) is 2.21. The number of carbonyl (C=O) groups is 1. The molecule has 1 aromatic carbocycles. The van der Waals surface area contributed by atoms with Gasteiger partial charge in [0.2, 0.25) is 0 Å². The minimum Gasteiger partial charge on any atom is -0.478 e. The lowest BCUT2D eigenvalue weighted by molar-refractivity contribution is 0.0697. The molecule has 0 saturated carbocycles. The Morgan fingerprint density at radius 3 is 2.42 bits per heavy atom. The fourth-order valence-electron chi connectivity index (χ4n) is 2.21. The van der Waals surface area contributed by atoms with E-state index in [9.17, 15) is 4.79 Å². The SMILES string of the molecule is C\C=C/C(=C\C=C(/C)CO)n1ccc(-c2ccc(C(=O)O)cc2)c1. The maximum Gasteiger partial charge on any atom is 0.335 e. The summed E-state index contributed by atoms with van der Waals surface area (Å²) in [5.41, 5.74) is 4.09. The van der Waals surface area contributed by atoms with Crippen LogP contribution in [-0.4, -0.2) is 27.4 Å². The average molecular weight is 323 g/mol. The molecule has 0 unspecified atom stereocenters. The molecule has 0 bridgehead atoms. The molecule has 24 heavy (non-hydrogen) atoms. The Kier molecular flexibility index (Phi) is 5.93. The molecule has 0 amide bonds. The molecule has 0 spiro atoms. The molecule has 4 heteroatoms. The van der Waals surface area contributed by atoms with E-state index < -0.39 is 5.97 Å². The molecular formula is C20H21NO3. The van der Waals surface area contributed by atoms with Crippen molar-refractivity contribution in [2.24, 2.45) is 0 Å². The van der Waals surface area contributed by atoms with E-state index >= 15 is 0 Å². The summed E-state index contributed by atoms with van der Waals surface area (Å²) in [6, 6.07) is 8.79. The molecule has 1 aromatic heterocycles. The van der Waals surface area contributed by atoms with Crippen LogP contribution in [0.25, 0.3) is 16.8 Å². The number of hydrogen-bond donors (Lipinski definition) is 2. The third-order valence-electron chi connectivity index (χ3n) is 3.58. The highest BCUT2D eigenvalue weighted by Gasteiger charge is 2.05. The van der Waals surface area contributed by atoms with Gasteiger partial charge in [-0.15, -0.1) is 0 Å². The van der Waals surface area contributed by atoms with Gasteiger partial charge < -0.3 is 14.8 Å². The van der Waals surface area contributed by atoms with Crippen LogP contribution in [-0.2, 0) is 0 Å². The third kappa shape index (κ3) is 4.33. The first-order chi connectivity index (χ1) is 11.5. The lowest BCUT2D eigenvalue weighted by Crippen LogP contribution is -1.94. The largest absolute Gasteiger partial charge is 0.478 e. The predicted molar refractivity (Wildman–Crippen MR) is 96.8 cm³/mol. The number of aromatic nitrogens is 1. The monoisotopic (exact) mass is 323 g/mol. The van der Waals surface area contributed by atoms with Crippen LogP contribution in [0.3, 0.4) is 0 Å². The van der Waals surface area contributed by atoms with E-state index in [1.807, 2.05) is 61.2 Å². The van der Waals surface area contributed by atoms with Crippen LogP contribution in [0.1, 0.15) is 24.2 Å². The summed E-state index contributed by atoms with van der Waals surface area (Å²) in [7, 11) is 0. The van der Waals surface area contributed by atoms with E-state index in [2.05, 4.69) is 0 Å². The van der Waals surface area contributed by atoms with Gasteiger partial charge in [0.05, 0.1) is 12.2 Å². The predicted octanol–water partition coefficient (Wildman–Crippen LogP) is 4.21. The number of aromatic carboxylic acids is 1. The molecule has 0 aliphatic rings. The lowest BCUT2D eigenvalue weighted by atomic mass is 10.1. The van der Waals surface area contributed by atoms with Crippen molar-refractivity contribution < 1.29 is 15.0 Å². The zero-order valence-corrected chi connectivity index (χ0v) is 13.8. The van der Waals surface area contributed by atoms with Crippen molar-refractivity contribution in [1.82, 2.24) is 4.57 Å². The zero-order chi connectivity index (χ0) is 17.5. The summed E-state index contributed by atoms with van der Waals surface area (Å²) < 4.78 is 1.99. The van der Waals surface area contributed by atoms with Gasteiger partial charge in [-0.3, -0.25) is 0 Å². The van der Waals surface area contributed by atoms with E-state index in [4.69, 9.17) is 10.2 Å². The molecule has 2 rings (SSSR count). The molecule has 2 N–H and O–H groups in total. The van der Waals surface area contributed by atoms with E-state index in [1.54, 1.807) is 24.3 Å². The van der Waals surface area contributed by atoms with Gasteiger partial charge >= 0.3 is 5.97 Å². The Labute approximate surface area is 141 Å². The molecule has 0 aliphatic heterocycles. The first kappa shape index (κ1) is 17.5. The molecule has 0 saturated heterocycles. The first-order valence-electron chi connectivity index (χ1n) is 7.68. The van der Waals surface area contributed by atoms with Gasteiger partial charge in [-0.1, -0.05) is 24.3 Å². The van der Waals surface area contributed by atoms with Crippen LogP contribution in [0.5, 0.6) is 0 Å². The van der Waals surface area contributed by atoms with Gasteiger partial charge in [-0.25, -0.2) is 4.79 Å². The number of aliphatic hydroxyl groups is 1. The second-order valence-electron chi connectivity index (χ2n) is 5.45. The van der Waals surface area contributed by atoms with Crippen LogP contribution in [0.15, 0.2) is 72.6 Å². The summed E-state index contributed by atoms with van der Waals surface area (Å²) in [5.74, 6) is -0.927. The van der Waals surface area contributed by atoms with Gasteiger partial charge in [0.1, 0.15) is 0 Å². The van der Waals surface area contributed by atoms with Crippen LogP contribution in [0, 0.1) is 0 Å². The van der Waals surface area contributed by atoms with Gasteiger partial charge in [0, 0.05) is 18.1 Å². The third-order valence-corrected chi connectivity index (χ3v) is 3.58. The number of carboxylic acids is 1. The maximum absolute atomic E-state index is 10.9. The normalized spacial score (nSPS) is 12.8. The van der Waals surface area contributed by atoms with Crippen molar-refractivity contribution >= 4 is 11.7 Å². The summed E-state index contributed by atoms with van der Waals surface area (Å²) in [4.78, 5) is 10.9. The van der Waals surface area contributed by atoms with Crippen LogP contribution >= 0.6 is 0 Å². The first-order valence-corrected chi connectivity index (χ1v) is 7.68. The quantitative estimate of drug-likeness (QED) is 0.783. The molecule has 0 fully saturated rings. The Morgan fingerprint density at radius 1 is 1.12 bits per heavy atom. The topological polar surface area (TPSA) is 62.5 Å². The number of carboxylic acid groups (broad SMARTS) is 1. The number of rotatable bonds is 6. The van der Waals surface area contributed by atoms with Crippen molar-refractivity contribution in [3.05, 3.63) is 78.2 Å². The van der Waals surface area contributed by atoms with E-state index in [0.29, 0.717) is 0 Å². The number of allylic oxidation sites excluding steroid dienone is 5. The molecule has 0 aliphatic carbocycles. The number of aliphatic hydroxyl groups excluding tert-OH is 1. The fraction of sp³-hybridized carbons (Fsp3) is 0.150. The molecular weight excluding hydrogens is 302 g/mol. The number of benzene rings is 1. The maximum atomic E-state index is 10.9. The Balaban J connectivity index is 2.32. The molecule has 4 nitrogen and oxygen atoms in total. The summed E-state index contributed by atoms with van der Waals surface area (Å²) in [5, 5.41) is 18.1. The van der Waals surface area contributed by atoms with E-state index in [-0.39, 0.29) is 12.2 Å². The number of hydrogen-bond acceptors (Lipinski definition) is 2. The summed E-state index contributed by atoms with van der Waals surface area (Å²) in [6.45, 7) is 3.85. The molecule has 124 valence electrons. The Bertz CT molecular complexity index is 793. The highest BCUT2D eigenvalue weighted by molar-refractivity contribution is 5.88. The van der Waals surface area contributed by atoms with Crippen LogP contribution in [0.2, 0.25) is 0 Å². The Morgan fingerprint density at radius 2 is 1.83 bits per heavy atom. The smallest absolute Gasteiger partial charge is 0.335 e. The molecule has 0 atom stereocenters. The van der Waals surface area contributed by atoms with E-state index in [0.717, 1.165) is 22.4 Å². The number of nitrogens with zero attached hydrogens (tertiary/aromatic N) is 1. The standard InChI is InChI=1S/C20H21NO3/c1-3-4-19(10-5-15(2)14-22)21-12-11-18(13-21)16-6-8-17(9-7-16)20(23)24/h3-13,22H,14H2,1-2H3,(H,23,24)/b4-3-,15-5+,19-10+. The Hall–Kier alpha value is -2.85. The van der Waals surface area contributed by atoms with Gasteiger partial charge in [0.25, 0.3) is 0 Å². The second kappa shape index (κ2) is 8.13. The highest BCUT2D eigenvalue weighted by Crippen LogP contribution is 2.22. The minimum absolute atomic E-state index is 0.0342. The van der Waals surface area contributed by atoms with Gasteiger partial charge in [-0.2, -0.15) is 0 Å². The molecule has 0 radical (unpaired) electrons. The van der Waals surface area contributed by atoms with E-state index in [1.165, 1.54) is 0 Å². The van der Waals surface area contributed by atoms with Crippen molar-refractivity contribution in [3.63, 3.8) is 0 Å². The van der Waals surface area contributed by atoms with Gasteiger partial charge in [-0.05, 0) is 60.9 Å². The summed E-state index contributed by atoms with van der Waals surface area (Å²) >= 11 is 0. The van der Waals surface area contributed by atoms with Crippen molar-refractivity contribution in [2.75, 3.05) is 6.61 Å². The van der Waals surface area contributed by atoms with Crippen LogP contribution < -0.4 is 0 Å². The molecule has 2 aromatic rings.